The van der Waals surface area contributed by atoms with E-state index in [0.717, 1.165) is 0 Å². The van der Waals surface area contributed by atoms with E-state index in [1.54, 1.807) is 24.3 Å². The first-order valence-electron chi connectivity index (χ1n) is 4.19. The Hall–Kier alpha value is -1.59. The number of carbonyl (C=O) groups excluding carboxylic acids is 1. The van der Waals surface area contributed by atoms with Gasteiger partial charge in [-0.1, -0.05) is 18.2 Å². The van der Waals surface area contributed by atoms with Crippen LogP contribution in [0.5, 0.6) is 5.75 Å². The van der Waals surface area contributed by atoms with Crippen LogP contribution in [0.3, 0.4) is 0 Å². The van der Waals surface area contributed by atoms with Crippen molar-refractivity contribution in [2.24, 2.45) is 0 Å². The average molecular weight is 196 g/mol. The average Bonchev–Trinajstić information content (AvgIpc) is 2.20. The predicted molar refractivity (Wildman–Crippen MR) is 50.7 cm³/mol. The monoisotopic (exact) mass is 196 g/mol. The first kappa shape index (κ1) is 10.5. The molecule has 0 radical (unpaired) electrons. The van der Waals surface area contributed by atoms with E-state index in [1.165, 1.54) is 0 Å². The SMILES string of the molecule is O=C(NNCCO)Oc1ccccc1. The summed E-state index contributed by atoms with van der Waals surface area (Å²) in [5.74, 6) is 0.468. The first-order chi connectivity index (χ1) is 6.83. The Kier molecular flexibility index (Phi) is 4.46. The predicted octanol–water partition coefficient (Wildman–Crippen LogP) is 0.272. The van der Waals surface area contributed by atoms with Crippen molar-refractivity contribution in [2.45, 2.75) is 0 Å². The van der Waals surface area contributed by atoms with Crippen LogP contribution in [0.2, 0.25) is 0 Å². The van der Waals surface area contributed by atoms with Crippen LogP contribution in [-0.4, -0.2) is 24.4 Å². The van der Waals surface area contributed by atoms with Crippen LogP contribution >= 0.6 is 0 Å². The van der Waals surface area contributed by atoms with E-state index in [9.17, 15) is 4.79 Å². The first-order valence-corrected chi connectivity index (χ1v) is 4.19. The number of hydrazine groups is 1. The molecule has 3 N–H and O–H groups in total. The number of aliphatic hydroxyl groups is 1. The van der Waals surface area contributed by atoms with Gasteiger partial charge in [0.2, 0.25) is 0 Å². The molecule has 5 nitrogen and oxygen atoms in total. The second-order valence-corrected chi connectivity index (χ2v) is 2.48. The second kappa shape index (κ2) is 5.95. The zero-order valence-electron chi connectivity index (χ0n) is 7.56. The van der Waals surface area contributed by atoms with E-state index >= 15 is 0 Å². The minimum atomic E-state index is -0.607. The number of hydrogen-bond donors (Lipinski definition) is 3. The van der Waals surface area contributed by atoms with Crippen molar-refractivity contribution in [2.75, 3.05) is 13.2 Å². The van der Waals surface area contributed by atoms with Gasteiger partial charge in [0.25, 0.3) is 0 Å². The minimum Gasteiger partial charge on any atom is -0.409 e. The molecule has 0 heterocycles. The Bertz CT molecular complexity index is 277. The summed E-state index contributed by atoms with van der Waals surface area (Å²) in [4.78, 5) is 11.0. The molecule has 76 valence electrons. The van der Waals surface area contributed by atoms with Crippen LogP contribution in [0.25, 0.3) is 0 Å². The molecule has 1 aromatic rings. The summed E-state index contributed by atoms with van der Waals surface area (Å²) in [7, 11) is 0. The minimum absolute atomic E-state index is 0.0500. The van der Waals surface area contributed by atoms with E-state index in [4.69, 9.17) is 9.84 Å². The molecule has 1 aromatic carbocycles. The summed E-state index contributed by atoms with van der Waals surface area (Å²) in [5, 5.41) is 8.41. The van der Waals surface area contributed by atoms with Crippen molar-refractivity contribution in [3.8, 4) is 5.75 Å². The molecule has 0 aliphatic carbocycles. The Morgan fingerprint density at radius 3 is 2.71 bits per heavy atom. The van der Waals surface area contributed by atoms with Crippen LogP contribution in [0.4, 0.5) is 4.79 Å². The molecule has 0 aromatic heterocycles. The third kappa shape index (κ3) is 3.88. The highest BCUT2D eigenvalue weighted by Crippen LogP contribution is 2.07. The molecule has 5 heteroatoms. The molecule has 0 spiro atoms. The zero-order chi connectivity index (χ0) is 10.2. The van der Waals surface area contributed by atoms with Gasteiger partial charge in [0.05, 0.1) is 6.61 Å². The highest BCUT2D eigenvalue weighted by Gasteiger charge is 2.01. The second-order valence-electron chi connectivity index (χ2n) is 2.48. The maximum absolute atomic E-state index is 11.0. The van der Waals surface area contributed by atoms with Crippen molar-refractivity contribution < 1.29 is 14.6 Å². The number of carbonyl (C=O) groups is 1. The lowest BCUT2D eigenvalue weighted by Crippen LogP contribution is -2.40. The molecule has 14 heavy (non-hydrogen) atoms. The molecular formula is C9H12N2O3. The van der Waals surface area contributed by atoms with Gasteiger partial charge < -0.3 is 9.84 Å². The lowest BCUT2D eigenvalue weighted by atomic mass is 10.3. The molecule has 1 rings (SSSR count). The van der Waals surface area contributed by atoms with Gasteiger partial charge in [0.15, 0.2) is 0 Å². The molecule has 0 saturated carbocycles. The normalized spacial score (nSPS) is 9.50. The summed E-state index contributed by atoms with van der Waals surface area (Å²) < 4.78 is 4.87. The lowest BCUT2D eigenvalue weighted by Gasteiger charge is -2.06. The fourth-order valence-corrected chi connectivity index (χ4v) is 0.812. The molecule has 0 aliphatic heterocycles. The summed E-state index contributed by atoms with van der Waals surface area (Å²) in [6.07, 6.45) is -0.607. The van der Waals surface area contributed by atoms with Gasteiger partial charge in [-0.15, -0.1) is 0 Å². The van der Waals surface area contributed by atoms with Crippen LogP contribution in [0, 0.1) is 0 Å². The summed E-state index contributed by atoms with van der Waals surface area (Å²) in [6.45, 7) is 0.232. The van der Waals surface area contributed by atoms with Crippen molar-refractivity contribution >= 4 is 6.09 Å². The van der Waals surface area contributed by atoms with Gasteiger partial charge in [-0.3, -0.25) is 5.43 Å². The van der Waals surface area contributed by atoms with E-state index in [1.807, 2.05) is 6.07 Å². The van der Waals surface area contributed by atoms with E-state index in [0.29, 0.717) is 5.75 Å². The Morgan fingerprint density at radius 1 is 1.36 bits per heavy atom. The van der Waals surface area contributed by atoms with Gasteiger partial charge in [-0.05, 0) is 12.1 Å². The van der Waals surface area contributed by atoms with E-state index in [2.05, 4.69) is 10.9 Å². The standard InChI is InChI=1S/C9H12N2O3/c12-7-6-10-11-9(13)14-8-4-2-1-3-5-8/h1-5,10,12H,6-7H2,(H,11,13). The molecular weight excluding hydrogens is 184 g/mol. The van der Waals surface area contributed by atoms with Crippen molar-refractivity contribution in [1.29, 1.82) is 0 Å². The van der Waals surface area contributed by atoms with Crippen molar-refractivity contribution in [1.82, 2.24) is 10.9 Å². The molecule has 0 unspecified atom stereocenters. The number of amides is 1. The molecule has 0 fully saturated rings. The largest absolute Gasteiger partial charge is 0.427 e. The van der Waals surface area contributed by atoms with Gasteiger partial charge in [0.1, 0.15) is 5.75 Å². The summed E-state index contributed by atoms with van der Waals surface area (Å²) in [5.41, 5.74) is 4.74. The molecule has 0 saturated heterocycles. The maximum Gasteiger partial charge on any atom is 0.427 e. The van der Waals surface area contributed by atoms with Gasteiger partial charge in [0, 0.05) is 6.54 Å². The number of nitrogens with one attached hydrogen (secondary N) is 2. The summed E-state index contributed by atoms with van der Waals surface area (Å²) in [6, 6.07) is 8.71. The summed E-state index contributed by atoms with van der Waals surface area (Å²) >= 11 is 0. The van der Waals surface area contributed by atoms with Crippen LogP contribution in [-0.2, 0) is 0 Å². The van der Waals surface area contributed by atoms with Gasteiger partial charge in [-0.2, -0.15) is 0 Å². The fourth-order valence-electron chi connectivity index (χ4n) is 0.812. The van der Waals surface area contributed by atoms with Gasteiger partial charge in [-0.25, -0.2) is 10.2 Å². The third-order valence-electron chi connectivity index (χ3n) is 1.38. The third-order valence-corrected chi connectivity index (χ3v) is 1.38. The fraction of sp³-hybridized carbons (Fsp3) is 0.222. The van der Waals surface area contributed by atoms with E-state index < -0.39 is 6.09 Å². The topological polar surface area (TPSA) is 70.6 Å². The van der Waals surface area contributed by atoms with E-state index in [-0.39, 0.29) is 13.2 Å². The Morgan fingerprint density at radius 2 is 2.07 bits per heavy atom. The number of benzene rings is 1. The smallest absolute Gasteiger partial charge is 0.409 e. The molecule has 0 aliphatic rings. The Labute approximate surface area is 81.7 Å². The number of hydrogen-bond acceptors (Lipinski definition) is 4. The molecule has 1 amide bonds. The van der Waals surface area contributed by atoms with Crippen LogP contribution in [0.15, 0.2) is 30.3 Å². The number of ether oxygens (including phenoxy) is 1. The van der Waals surface area contributed by atoms with Crippen molar-refractivity contribution in [3.05, 3.63) is 30.3 Å². The zero-order valence-corrected chi connectivity index (χ0v) is 7.56. The van der Waals surface area contributed by atoms with Crippen LogP contribution < -0.4 is 15.6 Å². The highest BCUT2D eigenvalue weighted by molar-refractivity contribution is 5.69. The molecule has 0 bridgehead atoms. The van der Waals surface area contributed by atoms with Crippen LogP contribution in [0.1, 0.15) is 0 Å². The number of aliphatic hydroxyl groups excluding tert-OH is 1. The lowest BCUT2D eigenvalue weighted by molar-refractivity contribution is 0.192. The molecule has 0 atom stereocenters. The quantitative estimate of drug-likeness (QED) is 0.477. The highest BCUT2D eigenvalue weighted by atomic mass is 16.6. The van der Waals surface area contributed by atoms with Crippen molar-refractivity contribution in [3.63, 3.8) is 0 Å². The maximum atomic E-state index is 11.0. The number of para-hydroxylation sites is 1. The Balaban J connectivity index is 2.27. The number of rotatable bonds is 4. The van der Waals surface area contributed by atoms with Gasteiger partial charge >= 0.3 is 6.09 Å².